The van der Waals surface area contributed by atoms with Crippen molar-refractivity contribution < 1.29 is 36.6 Å². The summed E-state index contributed by atoms with van der Waals surface area (Å²) in [6.45, 7) is -0.709. The summed E-state index contributed by atoms with van der Waals surface area (Å²) in [6, 6.07) is 5.13. The fourth-order valence-electron chi connectivity index (χ4n) is 2.42. The van der Waals surface area contributed by atoms with Gasteiger partial charge in [-0.1, -0.05) is 17.4 Å². The number of hydrogen-bond donors (Lipinski definition) is 1. The van der Waals surface area contributed by atoms with Crippen LogP contribution in [0.15, 0.2) is 41.4 Å². The van der Waals surface area contributed by atoms with Gasteiger partial charge in [-0.05, 0) is 24.3 Å². The van der Waals surface area contributed by atoms with E-state index >= 15 is 0 Å². The molecule has 0 atom stereocenters. The van der Waals surface area contributed by atoms with Crippen molar-refractivity contribution in [3.8, 4) is 0 Å². The molecule has 0 aliphatic rings. The Hall–Kier alpha value is -3.08. The van der Waals surface area contributed by atoms with E-state index in [-0.39, 0.29) is 20.6 Å². The third-order valence-corrected chi connectivity index (χ3v) is 4.69. The summed E-state index contributed by atoms with van der Waals surface area (Å²) in [5.41, 5.74) is -1.43. The van der Waals surface area contributed by atoms with Crippen molar-refractivity contribution in [1.29, 1.82) is 0 Å². The Morgan fingerprint density at radius 2 is 1.79 bits per heavy atom. The van der Waals surface area contributed by atoms with E-state index in [9.17, 15) is 31.5 Å². The standard InChI is InChI=1S/C17H9F5N2O3S/c18-10-5-12-13(6-11(10)19)28-16(24(12)7-14(25)26)23-15(27)8-2-1-3-9(4-8)17(20,21)22/h1-6H,7H2,(H,25,26)/b23-16-. The van der Waals surface area contributed by atoms with Crippen LogP contribution in [0.25, 0.3) is 10.2 Å². The summed E-state index contributed by atoms with van der Waals surface area (Å²) in [7, 11) is 0. The van der Waals surface area contributed by atoms with Crippen molar-refractivity contribution in [3.05, 3.63) is 64.0 Å². The topological polar surface area (TPSA) is 71.7 Å². The third-order valence-electron chi connectivity index (χ3n) is 3.65. The predicted octanol–water partition coefficient (Wildman–Crippen LogP) is 3.83. The molecule has 1 heterocycles. The van der Waals surface area contributed by atoms with Gasteiger partial charge >= 0.3 is 12.1 Å². The average molecular weight is 416 g/mol. The van der Waals surface area contributed by atoms with Crippen LogP contribution in [0.4, 0.5) is 22.0 Å². The quantitative estimate of drug-likeness (QED) is 0.660. The molecule has 0 unspecified atom stereocenters. The number of aromatic nitrogens is 1. The number of aliphatic carboxylic acids is 1. The number of amides is 1. The van der Waals surface area contributed by atoms with Gasteiger partial charge in [-0.25, -0.2) is 8.78 Å². The monoisotopic (exact) mass is 416 g/mol. The number of carbonyl (C=O) groups excluding carboxylic acids is 1. The van der Waals surface area contributed by atoms with Crippen LogP contribution in [-0.4, -0.2) is 21.6 Å². The summed E-state index contributed by atoms with van der Waals surface area (Å²) < 4.78 is 66.5. The minimum atomic E-state index is -4.66. The first kappa shape index (κ1) is 19.7. The highest BCUT2D eigenvalue weighted by molar-refractivity contribution is 7.16. The molecule has 5 nitrogen and oxygen atoms in total. The van der Waals surface area contributed by atoms with Crippen LogP contribution in [0.3, 0.4) is 0 Å². The van der Waals surface area contributed by atoms with Gasteiger partial charge in [-0.15, -0.1) is 0 Å². The summed E-state index contributed by atoms with van der Waals surface area (Å²) in [5.74, 6) is -4.79. The molecule has 0 aliphatic carbocycles. The normalized spacial score (nSPS) is 12.5. The highest BCUT2D eigenvalue weighted by atomic mass is 32.1. The van der Waals surface area contributed by atoms with E-state index < -0.39 is 41.8 Å². The van der Waals surface area contributed by atoms with Gasteiger partial charge in [0.25, 0.3) is 5.91 Å². The second-order valence-electron chi connectivity index (χ2n) is 5.59. The molecule has 1 aromatic heterocycles. The van der Waals surface area contributed by atoms with Gasteiger partial charge in [0.05, 0.1) is 15.8 Å². The molecule has 11 heteroatoms. The predicted molar refractivity (Wildman–Crippen MR) is 88.7 cm³/mol. The van der Waals surface area contributed by atoms with Crippen LogP contribution < -0.4 is 4.80 Å². The smallest absolute Gasteiger partial charge is 0.416 e. The zero-order valence-corrected chi connectivity index (χ0v) is 14.4. The van der Waals surface area contributed by atoms with Crippen molar-refractivity contribution in [3.63, 3.8) is 0 Å². The van der Waals surface area contributed by atoms with E-state index in [1.54, 1.807) is 0 Å². The lowest BCUT2D eigenvalue weighted by Crippen LogP contribution is -2.21. The van der Waals surface area contributed by atoms with E-state index in [2.05, 4.69) is 4.99 Å². The van der Waals surface area contributed by atoms with Crippen LogP contribution in [0.2, 0.25) is 0 Å². The minimum Gasteiger partial charge on any atom is -0.480 e. The summed E-state index contributed by atoms with van der Waals surface area (Å²) in [6.07, 6.45) is -4.66. The molecule has 0 fully saturated rings. The van der Waals surface area contributed by atoms with Gasteiger partial charge in [0.15, 0.2) is 16.4 Å². The zero-order chi connectivity index (χ0) is 20.6. The summed E-state index contributed by atoms with van der Waals surface area (Å²) >= 11 is 0.705. The lowest BCUT2D eigenvalue weighted by atomic mass is 10.1. The molecule has 146 valence electrons. The fourth-order valence-corrected chi connectivity index (χ4v) is 3.45. The maximum Gasteiger partial charge on any atom is 0.416 e. The van der Waals surface area contributed by atoms with E-state index in [0.717, 1.165) is 34.9 Å². The maximum atomic E-state index is 13.5. The second-order valence-corrected chi connectivity index (χ2v) is 6.60. The van der Waals surface area contributed by atoms with E-state index in [0.29, 0.717) is 17.4 Å². The lowest BCUT2D eigenvalue weighted by Gasteiger charge is -2.06. The summed E-state index contributed by atoms with van der Waals surface area (Å²) in [4.78, 5) is 26.8. The molecule has 0 aliphatic heterocycles. The first-order chi connectivity index (χ1) is 13.1. The molecule has 2 aromatic carbocycles. The van der Waals surface area contributed by atoms with Crippen molar-refractivity contribution >= 4 is 33.4 Å². The Morgan fingerprint density at radius 1 is 1.11 bits per heavy atom. The molecular weight excluding hydrogens is 407 g/mol. The molecule has 0 spiro atoms. The number of hydrogen-bond acceptors (Lipinski definition) is 3. The number of rotatable bonds is 3. The van der Waals surface area contributed by atoms with Crippen LogP contribution in [0.5, 0.6) is 0 Å². The van der Waals surface area contributed by atoms with Gasteiger partial charge in [-0.3, -0.25) is 9.59 Å². The Labute approximate surface area is 157 Å². The first-order valence-corrected chi connectivity index (χ1v) is 8.34. The number of fused-ring (bicyclic) bond motifs is 1. The lowest BCUT2D eigenvalue weighted by molar-refractivity contribution is -0.138. The third kappa shape index (κ3) is 3.93. The van der Waals surface area contributed by atoms with Crippen molar-refractivity contribution in [1.82, 2.24) is 4.57 Å². The van der Waals surface area contributed by atoms with E-state index in [1.807, 2.05) is 0 Å². The maximum absolute atomic E-state index is 13.5. The van der Waals surface area contributed by atoms with Gasteiger partial charge in [0, 0.05) is 11.6 Å². The average Bonchev–Trinajstić information content (AvgIpc) is 2.90. The SMILES string of the molecule is O=C(O)Cn1/c(=N/C(=O)c2cccc(C(F)(F)F)c2)sc2cc(F)c(F)cc21. The highest BCUT2D eigenvalue weighted by Crippen LogP contribution is 2.29. The Bertz CT molecular complexity index is 1160. The number of alkyl halides is 3. The van der Waals surface area contributed by atoms with Crippen LogP contribution in [0, 0.1) is 11.6 Å². The van der Waals surface area contributed by atoms with Crippen molar-refractivity contribution in [2.75, 3.05) is 0 Å². The fraction of sp³-hybridized carbons (Fsp3) is 0.118. The number of carbonyl (C=O) groups is 2. The number of halogens is 5. The van der Waals surface area contributed by atoms with Crippen LogP contribution in [0.1, 0.15) is 15.9 Å². The van der Waals surface area contributed by atoms with Gasteiger partial charge in [0.2, 0.25) is 0 Å². The number of benzene rings is 2. The van der Waals surface area contributed by atoms with Crippen molar-refractivity contribution in [2.45, 2.75) is 12.7 Å². The van der Waals surface area contributed by atoms with Gasteiger partial charge in [-0.2, -0.15) is 18.2 Å². The highest BCUT2D eigenvalue weighted by Gasteiger charge is 2.30. The van der Waals surface area contributed by atoms with Gasteiger partial charge < -0.3 is 9.67 Å². The molecule has 3 rings (SSSR count). The minimum absolute atomic E-state index is 0.0121. The molecule has 3 aromatic rings. The van der Waals surface area contributed by atoms with E-state index in [1.165, 1.54) is 0 Å². The largest absolute Gasteiger partial charge is 0.480 e. The molecule has 0 radical (unpaired) electrons. The van der Waals surface area contributed by atoms with E-state index in [4.69, 9.17) is 5.11 Å². The second kappa shape index (κ2) is 7.15. The first-order valence-electron chi connectivity index (χ1n) is 7.53. The number of carboxylic acids is 1. The molecule has 0 saturated heterocycles. The Balaban J connectivity index is 2.15. The Morgan fingerprint density at radius 3 is 2.43 bits per heavy atom. The molecule has 1 N–H and O–H groups in total. The van der Waals surface area contributed by atoms with Crippen LogP contribution >= 0.6 is 11.3 Å². The van der Waals surface area contributed by atoms with Crippen LogP contribution in [-0.2, 0) is 17.5 Å². The zero-order valence-electron chi connectivity index (χ0n) is 13.6. The molecule has 0 bridgehead atoms. The van der Waals surface area contributed by atoms with Crippen molar-refractivity contribution in [2.24, 2.45) is 4.99 Å². The Kier molecular flexibility index (Phi) is 5.02. The molecule has 28 heavy (non-hydrogen) atoms. The molecule has 0 saturated carbocycles. The number of nitrogens with zero attached hydrogens (tertiary/aromatic N) is 2. The van der Waals surface area contributed by atoms with Gasteiger partial charge in [0.1, 0.15) is 6.54 Å². The number of carboxylic acid groups (broad SMARTS) is 1. The number of thiazole rings is 1. The molecular formula is C17H9F5N2O3S. The molecule has 1 amide bonds. The summed E-state index contributed by atoms with van der Waals surface area (Å²) in [5, 5.41) is 9.03.